The van der Waals surface area contributed by atoms with Crippen molar-refractivity contribution in [3.8, 4) is 0 Å². The Morgan fingerprint density at radius 1 is 0.773 bits per heavy atom. The summed E-state index contributed by atoms with van der Waals surface area (Å²) in [4.78, 5) is 26.9. The normalized spacial score (nSPS) is 19.2. The highest BCUT2D eigenvalue weighted by Crippen LogP contribution is 2.39. The van der Waals surface area contributed by atoms with Gasteiger partial charge in [-0.15, -0.1) is 0 Å². The molecule has 4 heterocycles. The molecule has 2 aliphatic rings. The van der Waals surface area contributed by atoms with Gasteiger partial charge in [0.25, 0.3) is 0 Å². The smallest absolute Gasteiger partial charge is 0.166 e. The van der Waals surface area contributed by atoms with Crippen LogP contribution in [-0.4, -0.2) is 31.3 Å². The highest BCUT2D eigenvalue weighted by Gasteiger charge is 2.31. The van der Waals surface area contributed by atoms with Gasteiger partial charge >= 0.3 is 0 Å². The fraction of sp³-hybridized carbons (Fsp3) is 0.447. The van der Waals surface area contributed by atoms with Gasteiger partial charge in [-0.3, -0.25) is 14.8 Å². The standard InChI is InChI=1S/C22H26N2O.C16H20N2O/c1-22(2,3)16-9-10-17-15(11-16)12-18-19(23-17)13-20(24-18)21(25)14-7-5-4-6-8-14;1-16(2,3)11-4-5-13-10(6-11)7-14-15(18-13)8-12(9-19)17-14/h4-8,12-13,16,21,24-25H,9-11H2,1-3H3;7-9,11,17H,4-6H2,1-3H3. The Morgan fingerprint density at radius 2 is 1.30 bits per heavy atom. The first-order valence-corrected chi connectivity index (χ1v) is 16.1. The van der Waals surface area contributed by atoms with Crippen LogP contribution in [0.3, 0.4) is 0 Å². The van der Waals surface area contributed by atoms with Crippen LogP contribution in [0.15, 0.2) is 54.6 Å². The first kappa shape index (κ1) is 30.3. The number of aromatic nitrogens is 4. The summed E-state index contributed by atoms with van der Waals surface area (Å²) >= 11 is 0. The number of rotatable bonds is 3. The number of aromatic amines is 2. The molecule has 3 unspecified atom stereocenters. The lowest BCUT2D eigenvalue weighted by atomic mass is 9.71. The van der Waals surface area contributed by atoms with Crippen molar-refractivity contribution in [1.29, 1.82) is 0 Å². The molecule has 3 N–H and O–H groups in total. The molecular formula is C38H46N4O2. The Kier molecular flexibility index (Phi) is 8.00. The molecule has 5 aromatic rings. The molecule has 6 heteroatoms. The zero-order chi connectivity index (χ0) is 31.2. The van der Waals surface area contributed by atoms with Gasteiger partial charge in [-0.25, -0.2) is 0 Å². The summed E-state index contributed by atoms with van der Waals surface area (Å²) in [6, 6.07) is 18.0. The number of fused-ring (bicyclic) bond motifs is 4. The van der Waals surface area contributed by atoms with Crippen molar-refractivity contribution in [2.45, 2.75) is 86.2 Å². The minimum absolute atomic E-state index is 0.330. The second kappa shape index (κ2) is 11.6. The maximum absolute atomic E-state index is 10.8. The van der Waals surface area contributed by atoms with Crippen LogP contribution in [0.5, 0.6) is 0 Å². The molecule has 0 bridgehead atoms. The number of pyridine rings is 2. The van der Waals surface area contributed by atoms with Crippen molar-refractivity contribution in [3.63, 3.8) is 0 Å². The third-order valence-electron chi connectivity index (χ3n) is 9.96. The van der Waals surface area contributed by atoms with Gasteiger partial charge in [0.15, 0.2) is 6.29 Å². The number of aliphatic hydroxyl groups excluding tert-OH is 1. The average Bonchev–Trinajstić information content (AvgIpc) is 3.60. The van der Waals surface area contributed by atoms with Crippen LogP contribution in [0, 0.1) is 22.7 Å². The molecule has 1 aromatic carbocycles. The first-order valence-electron chi connectivity index (χ1n) is 16.1. The number of aldehydes is 1. The van der Waals surface area contributed by atoms with Gasteiger partial charge in [-0.05, 0) is 102 Å². The molecule has 44 heavy (non-hydrogen) atoms. The molecule has 230 valence electrons. The molecule has 0 amide bonds. The van der Waals surface area contributed by atoms with E-state index in [1.807, 2.05) is 42.5 Å². The van der Waals surface area contributed by atoms with Crippen molar-refractivity contribution in [2.24, 2.45) is 22.7 Å². The lowest BCUT2D eigenvalue weighted by Crippen LogP contribution is -2.27. The highest BCUT2D eigenvalue weighted by atomic mass is 16.3. The number of aryl methyl sites for hydroxylation is 2. The van der Waals surface area contributed by atoms with E-state index < -0.39 is 6.10 Å². The largest absolute Gasteiger partial charge is 0.382 e. The van der Waals surface area contributed by atoms with Crippen molar-refractivity contribution >= 4 is 28.4 Å². The molecular weight excluding hydrogens is 544 g/mol. The SMILES string of the molecule is CC(C)(C)C1CCc2nc3cc(C(O)c4ccccc4)[nH]c3cc2C1.CC(C)(C)C1CCc2nc3cc(C=O)[nH]c3cc2C1. The predicted molar refractivity (Wildman–Crippen MR) is 178 cm³/mol. The number of nitrogens with one attached hydrogen (secondary N) is 2. The number of H-pyrrole nitrogens is 2. The van der Waals surface area contributed by atoms with Crippen LogP contribution >= 0.6 is 0 Å². The van der Waals surface area contributed by atoms with E-state index in [0.29, 0.717) is 28.4 Å². The Labute approximate surface area is 260 Å². The lowest BCUT2D eigenvalue weighted by Gasteiger charge is -2.34. The Balaban J connectivity index is 0.000000162. The number of hydrogen-bond acceptors (Lipinski definition) is 4. The van der Waals surface area contributed by atoms with Crippen LogP contribution < -0.4 is 0 Å². The summed E-state index contributed by atoms with van der Waals surface area (Å²) in [7, 11) is 0. The van der Waals surface area contributed by atoms with E-state index >= 15 is 0 Å². The van der Waals surface area contributed by atoms with E-state index in [2.05, 4.69) is 63.6 Å². The van der Waals surface area contributed by atoms with Gasteiger partial charge in [0, 0.05) is 11.4 Å². The number of nitrogens with zero attached hydrogens (tertiary/aromatic N) is 2. The minimum atomic E-state index is -0.644. The number of carbonyl (C=O) groups excluding carboxylic acids is 1. The lowest BCUT2D eigenvalue weighted by molar-refractivity contribution is 0.111. The molecule has 0 saturated heterocycles. The van der Waals surface area contributed by atoms with Crippen LogP contribution in [-0.2, 0) is 25.7 Å². The van der Waals surface area contributed by atoms with Crippen LogP contribution in [0.1, 0.15) is 105 Å². The second-order valence-corrected chi connectivity index (χ2v) is 15.0. The van der Waals surface area contributed by atoms with E-state index in [9.17, 15) is 9.90 Å². The maximum Gasteiger partial charge on any atom is 0.166 e. The average molecular weight is 591 g/mol. The van der Waals surface area contributed by atoms with Gasteiger partial charge in [-0.1, -0.05) is 71.9 Å². The van der Waals surface area contributed by atoms with Gasteiger partial charge < -0.3 is 15.1 Å². The quantitative estimate of drug-likeness (QED) is 0.184. The van der Waals surface area contributed by atoms with Gasteiger partial charge in [-0.2, -0.15) is 0 Å². The third kappa shape index (κ3) is 6.23. The first-order chi connectivity index (χ1) is 20.9. The fourth-order valence-electron chi connectivity index (χ4n) is 6.96. The van der Waals surface area contributed by atoms with Crippen LogP contribution in [0.4, 0.5) is 0 Å². The zero-order valence-corrected chi connectivity index (χ0v) is 27.0. The molecule has 0 saturated carbocycles. The molecule has 0 aliphatic heterocycles. The molecule has 3 atom stereocenters. The van der Waals surface area contributed by atoms with Crippen molar-refractivity contribution in [1.82, 2.24) is 19.9 Å². The molecule has 4 aromatic heterocycles. The topological polar surface area (TPSA) is 94.7 Å². The van der Waals surface area contributed by atoms with Gasteiger partial charge in [0.05, 0.1) is 33.5 Å². The van der Waals surface area contributed by atoms with Crippen LogP contribution in [0.25, 0.3) is 22.1 Å². The number of carbonyl (C=O) groups is 1. The number of hydrogen-bond donors (Lipinski definition) is 3. The molecule has 0 radical (unpaired) electrons. The molecule has 2 aliphatic carbocycles. The Bertz CT molecular complexity index is 1790. The summed E-state index contributed by atoms with van der Waals surface area (Å²) in [6.07, 6.45) is 6.91. The van der Waals surface area contributed by atoms with Gasteiger partial charge in [0.2, 0.25) is 0 Å². The second-order valence-electron chi connectivity index (χ2n) is 15.0. The number of aliphatic hydroxyl groups is 1. The van der Waals surface area contributed by atoms with Gasteiger partial charge in [0.1, 0.15) is 6.10 Å². The summed E-state index contributed by atoms with van der Waals surface area (Å²) in [5.74, 6) is 1.41. The van der Waals surface area contributed by atoms with E-state index in [-0.39, 0.29) is 0 Å². The summed E-state index contributed by atoms with van der Waals surface area (Å²) in [6.45, 7) is 13.9. The van der Waals surface area contributed by atoms with E-state index in [4.69, 9.17) is 9.97 Å². The minimum Gasteiger partial charge on any atom is -0.382 e. The monoisotopic (exact) mass is 590 g/mol. The fourth-order valence-corrected chi connectivity index (χ4v) is 6.96. The highest BCUT2D eigenvalue weighted by molar-refractivity contribution is 5.85. The molecule has 0 spiro atoms. The predicted octanol–water partition coefficient (Wildman–Crippen LogP) is 8.32. The Morgan fingerprint density at radius 3 is 1.82 bits per heavy atom. The van der Waals surface area contributed by atoms with Crippen molar-refractivity contribution in [3.05, 3.63) is 94.1 Å². The molecule has 7 rings (SSSR count). The third-order valence-corrected chi connectivity index (χ3v) is 9.96. The molecule has 6 nitrogen and oxygen atoms in total. The van der Waals surface area contributed by atoms with E-state index in [0.717, 1.165) is 65.3 Å². The van der Waals surface area contributed by atoms with Crippen LogP contribution in [0.2, 0.25) is 0 Å². The zero-order valence-electron chi connectivity index (χ0n) is 27.0. The Hall–Kier alpha value is -3.77. The molecule has 0 fully saturated rings. The summed E-state index contributed by atoms with van der Waals surface area (Å²) in [5, 5.41) is 10.6. The van der Waals surface area contributed by atoms with Crippen molar-refractivity contribution < 1.29 is 9.90 Å². The maximum atomic E-state index is 10.8. The summed E-state index contributed by atoms with van der Waals surface area (Å²) in [5.41, 5.74) is 12.0. The van der Waals surface area contributed by atoms with E-state index in [1.165, 1.54) is 35.4 Å². The summed E-state index contributed by atoms with van der Waals surface area (Å²) < 4.78 is 0. The van der Waals surface area contributed by atoms with Crippen molar-refractivity contribution in [2.75, 3.05) is 0 Å². The number of benzene rings is 1. The van der Waals surface area contributed by atoms with E-state index in [1.54, 1.807) is 0 Å².